The number of aryl methyl sites for hydroxylation is 1. The summed E-state index contributed by atoms with van der Waals surface area (Å²) in [5, 5.41) is 5.08. The molecule has 6 heteroatoms. The van der Waals surface area contributed by atoms with Crippen molar-refractivity contribution >= 4 is 28.8 Å². The van der Waals surface area contributed by atoms with Crippen LogP contribution in [0.1, 0.15) is 47.7 Å². The Labute approximate surface area is 192 Å². The van der Waals surface area contributed by atoms with Gasteiger partial charge in [0.05, 0.1) is 6.42 Å². The molecule has 1 heterocycles. The maximum absolute atomic E-state index is 13.7. The molecule has 2 amide bonds. The molecule has 1 aliphatic carbocycles. The van der Waals surface area contributed by atoms with Gasteiger partial charge in [-0.05, 0) is 66.6 Å². The first-order valence-corrected chi connectivity index (χ1v) is 11.9. The molecule has 166 valence electrons. The van der Waals surface area contributed by atoms with Gasteiger partial charge in [0.1, 0.15) is 11.9 Å². The van der Waals surface area contributed by atoms with E-state index in [2.05, 4.69) is 5.32 Å². The van der Waals surface area contributed by atoms with E-state index in [1.165, 1.54) is 23.5 Å². The Morgan fingerprint density at radius 3 is 2.50 bits per heavy atom. The molecule has 0 aliphatic heterocycles. The van der Waals surface area contributed by atoms with E-state index in [-0.39, 0.29) is 30.1 Å². The Balaban J connectivity index is 1.76. The van der Waals surface area contributed by atoms with E-state index in [9.17, 15) is 14.0 Å². The summed E-state index contributed by atoms with van der Waals surface area (Å²) in [6, 6.07) is 16.5. The fraction of sp³-hybridized carbons (Fsp3) is 0.308. The van der Waals surface area contributed by atoms with E-state index in [4.69, 9.17) is 0 Å². The lowest BCUT2D eigenvalue weighted by Gasteiger charge is -2.32. The third-order valence-electron chi connectivity index (χ3n) is 5.85. The molecule has 2 aromatic carbocycles. The number of thiophene rings is 1. The van der Waals surface area contributed by atoms with Gasteiger partial charge in [0.15, 0.2) is 0 Å². The third kappa shape index (κ3) is 5.25. The second-order valence-corrected chi connectivity index (χ2v) is 9.34. The van der Waals surface area contributed by atoms with Crippen LogP contribution in [0.15, 0.2) is 66.0 Å². The summed E-state index contributed by atoms with van der Waals surface area (Å²) in [6.07, 6.45) is 4.25. The molecular formula is C26H27FN2O2S. The SMILES string of the molecule is Cc1cccc(N(C(=O)Cc2cccs2)[C@@H](C(=O)NC2CCCC2)c2ccc(F)cc2)c1. The second-order valence-electron chi connectivity index (χ2n) is 8.30. The number of hydrogen-bond donors (Lipinski definition) is 1. The maximum Gasteiger partial charge on any atom is 0.248 e. The number of anilines is 1. The topological polar surface area (TPSA) is 49.4 Å². The van der Waals surface area contributed by atoms with E-state index < -0.39 is 6.04 Å². The third-order valence-corrected chi connectivity index (χ3v) is 6.72. The highest BCUT2D eigenvalue weighted by Gasteiger charge is 2.34. The first-order valence-electron chi connectivity index (χ1n) is 11.0. The van der Waals surface area contributed by atoms with Gasteiger partial charge in [-0.1, -0.05) is 43.2 Å². The van der Waals surface area contributed by atoms with Crippen LogP contribution in [-0.4, -0.2) is 17.9 Å². The molecule has 4 nitrogen and oxygen atoms in total. The second kappa shape index (κ2) is 10.1. The first-order chi connectivity index (χ1) is 15.5. The fourth-order valence-corrected chi connectivity index (χ4v) is 4.97. The number of benzene rings is 2. The lowest BCUT2D eigenvalue weighted by atomic mass is 10.0. The summed E-state index contributed by atoms with van der Waals surface area (Å²) >= 11 is 1.51. The first kappa shape index (κ1) is 22.2. The van der Waals surface area contributed by atoms with E-state index >= 15 is 0 Å². The molecule has 32 heavy (non-hydrogen) atoms. The molecule has 3 aromatic rings. The monoisotopic (exact) mass is 450 g/mol. The van der Waals surface area contributed by atoms with Gasteiger partial charge in [-0.15, -0.1) is 11.3 Å². The zero-order valence-corrected chi connectivity index (χ0v) is 18.9. The van der Waals surface area contributed by atoms with Crippen LogP contribution < -0.4 is 10.2 Å². The number of carbonyl (C=O) groups excluding carboxylic acids is 2. The Bertz CT molecular complexity index is 1060. The van der Waals surface area contributed by atoms with Crippen LogP contribution in [0.5, 0.6) is 0 Å². The van der Waals surface area contributed by atoms with Gasteiger partial charge in [0.25, 0.3) is 0 Å². The van der Waals surface area contributed by atoms with Gasteiger partial charge in [-0.3, -0.25) is 14.5 Å². The van der Waals surface area contributed by atoms with Crippen molar-refractivity contribution in [1.82, 2.24) is 5.32 Å². The standard InChI is InChI=1S/C26H27FN2O2S/c1-18-6-4-9-22(16-18)29(24(30)17-23-10-5-15-32-23)25(19-11-13-20(27)14-12-19)26(31)28-21-7-2-3-8-21/h4-6,9-16,21,25H,2-3,7-8,17H2,1H3,(H,28,31)/t25-/m1/s1. The van der Waals surface area contributed by atoms with Crippen LogP contribution in [-0.2, 0) is 16.0 Å². The van der Waals surface area contributed by atoms with E-state index in [1.54, 1.807) is 17.0 Å². The summed E-state index contributed by atoms with van der Waals surface area (Å²) in [5.74, 6) is -0.783. The van der Waals surface area contributed by atoms with Crippen molar-refractivity contribution in [3.8, 4) is 0 Å². The van der Waals surface area contributed by atoms with Crippen molar-refractivity contribution in [2.45, 2.75) is 51.1 Å². The number of hydrogen-bond acceptors (Lipinski definition) is 3. The molecule has 0 radical (unpaired) electrons. The number of amides is 2. The van der Waals surface area contributed by atoms with E-state index in [0.29, 0.717) is 11.3 Å². The molecule has 1 aliphatic rings. The zero-order chi connectivity index (χ0) is 22.5. The van der Waals surface area contributed by atoms with Gasteiger partial charge in [-0.25, -0.2) is 4.39 Å². The summed E-state index contributed by atoms with van der Waals surface area (Å²) in [5.41, 5.74) is 2.23. The summed E-state index contributed by atoms with van der Waals surface area (Å²) < 4.78 is 13.7. The number of nitrogens with one attached hydrogen (secondary N) is 1. The van der Waals surface area contributed by atoms with Crippen molar-refractivity contribution in [2.75, 3.05) is 4.90 Å². The molecule has 1 N–H and O–H groups in total. The molecule has 0 unspecified atom stereocenters. The molecule has 1 atom stereocenters. The van der Waals surface area contributed by atoms with Crippen molar-refractivity contribution in [2.24, 2.45) is 0 Å². The normalized spacial score (nSPS) is 14.8. The minimum atomic E-state index is -0.884. The predicted octanol–water partition coefficient (Wildman–Crippen LogP) is 5.57. The zero-order valence-electron chi connectivity index (χ0n) is 18.1. The largest absolute Gasteiger partial charge is 0.351 e. The van der Waals surface area contributed by atoms with Gasteiger partial charge in [0.2, 0.25) is 11.8 Å². The smallest absolute Gasteiger partial charge is 0.248 e. The van der Waals surface area contributed by atoms with E-state index in [0.717, 1.165) is 36.1 Å². The number of carbonyl (C=O) groups is 2. The molecule has 0 bridgehead atoms. The number of nitrogens with zero attached hydrogens (tertiary/aromatic N) is 1. The molecule has 4 rings (SSSR count). The van der Waals surface area contributed by atoms with Gasteiger partial charge >= 0.3 is 0 Å². The quantitative estimate of drug-likeness (QED) is 0.511. The van der Waals surface area contributed by atoms with Crippen molar-refractivity contribution in [1.29, 1.82) is 0 Å². The van der Waals surface area contributed by atoms with Crippen LogP contribution >= 0.6 is 11.3 Å². The Hall–Kier alpha value is -2.99. The average molecular weight is 451 g/mol. The minimum Gasteiger partial charge on any atom is -0.351 e. The molecular weight excluding hydrogens is 423 g/mol. The molecule has 1 saturated carbocycles. The Kier molecular flexibility index (Phi) is 7.00. The van der Waals surface area contributed by atoms with Crippen LogP contribution in [0.4, 0.5) is 10.1 Å². The molecule has 0 spiro atoms. The fourth-order valence-electron chi connectivity index (χ4n) is 4.28. The summed E-state index contributed by atoms with van der Waals surface area (Å²) in [4.78, 5) is 29.7. The lowest BCUT2D eigenvalue weighted by Crippen LogP contribution is -2.46. The lowest BCUT2D eigenvalue weighted by molar-refractivity contribution is -0.127. The van der Waals surface area contributed by atoms with Crippen molar-refractivity contribution in [3.05, 3.63) is 87.9 Å². The van der Waals surface area contributed by atoms with Gasteiger partial charge in [0, 0.05) is 16.6 Å². The van der Waals surface area contributed by atoms with E-state index in [1.807, 2.05) is 48.7 Å². The summed E-state index contributed by atoms with van der Waals surface area (Å²) in [7, 11) is 0. The highest BCUT2D eigenvalue weighted by molar-refractivity contribution is 7.10. The van der Waals surface area contributed by atoms with Crippen LogP contribution in [0, 0.1) is 12.7 Å². The van der Waals surface area contributed by atoms with Crippen LogP contribution in [0.2, 0.25) is 0 Å². The molecule has 0 saturated heterocycles. The van der Waals surface area contributed by atoms with Crippen molar-refractivity contribution < 1.29 is 14.0 Å². The van der Waals surface area contributed by atoms with Crippen LogP contribution in [0.3, 0.4) is 0 Å². The van der Waals surface area contributed by atoms with Gasteiger partial charge in [-0.2, -0.15) is 0 Å². The Morgan fingerprint density at radius 1 is 1.09 bits per heavy atom. The average Bonchev–Trinajstić information content (AvgIpc) is 3.47. The maximum atomic E-state index is 13.7. The molecule has 1 fully saturated rings. The highest BCUT2D eigenvalue weighted by atomic mass is 32.1. The van der Waals surface area contributed by atoms with Gasteiger partial charge < -0.3 is 5.32 Å². The highest BCUT2D eigenvalue weighted by Crippen LogP contribution is 2.31. The molecule has 1 aromatic heterocycles. The number of rotatable bonds is 7. The summed E-state index contributed by atoms with van der Waals surface area (Å²) in [6.45, 7) is 1.96. The minimum absolute atomic E-state index is 0.109. The number of halogens is 1. The predicted molar refractivity (Wildman–Crippen MR) is 126 cm³/mol. The van der Waals surface area contributed by atoms with Crippen LogP contribution in [0.25, 0.3) is 0 Å². The Morgan fingerprint density at radius 2 is 1.84 bits per heavy atom. The van der Waals surface area contributed by atoms with Crippen molar-refractivity contribution in [3.63, 3.8) is 0 Å².